The number of likely N-dealkylation sites (N-methyl/N-ethyl adjacent to an activating group) is 1. The van der Waals surface area contributed by atoms with Gasteiger partial charge in [0.05, 0.1) is 6.04 Å². The molecule has 1 aliphatic heterocycles. The number of aromatic nitrogens is 1. The van der Waals surface area contributed by atoms with Crippen LogP contribution in [0.25, 0.3) is 0 Å². The molecule has 2 heterocycles. The van der Waals surface area contributed by atoms with Gasteiger partial charge in [-0.1, -0.05) is 37.3 Å². The van der Waals surface area contributed by atoms with Gasteiger partial charge in [0.15, 0.2) is 0 Å². The maximum absolute atomic E-state index is 13.0. The number of anilines is 1. The summed E-state index contributed by atoms with van der Waals surface area (Å²) in [7, 11) is 1.71. The van der Waals surface area contributed by atoms with Crippen LogP contribution in [-0.2, 0) is 22.4 Å². The highest BCUT2D eigenvalue weighted by Crippen LogP contribution is 2.25. The second-order valence-electron chi connectivity index (χ2n) is 7.23. The molecule has 1 aromatic carbocycles. The van der Waals surface area contributed by atoms with Gasteiger partial charge < -0.3 is 16.0 Å². The lowest BCUT2D eigenvalue weighted by molar-refractivity contribution is -0.124. The number of nitrogens with one attached hydrogen (secondary N) is 3. The summed E-state index contributed by atoms with van der Waals surface area (Å²) in [5.41, 5.74) is 1.84. The number of hydrogen-bond donors (Lipinski definition) is 3. The molecule has 29 heavy (non-hydrogen) atoms. The normalized spacial score (nSPS) is 16.1. The summed E-state index contributed by atoms with van der Waals surface area (Å²) in [4.78, 5) is 38.0. The fourth-order valence-corrected chi connectivity index (χ4v) is 3.73. The van der Waals surface area contributed by atoms with E-state index in [4.69, 9.17) is 0 Å². The Labute approximate surface area is 170 Å². The van der Waals surface area contributed by atoms with Gasteiger partial charge in [0.25, 0.3) is 5.56 Å². The zero-order chi connectivity index (χ0) is 20.8. The van der Waals surface area contributed by atoms with Crippen molar-refractivity contribution in [1.29, 1.82) is 0 Å². The Morgan fingerprint density at radius 2 is 1.93 bits per heavy atom. The zero-order valence-electron chi connectivity index (χ0n) is 16.9. The highest BCUT2D eigenvalue weighted by atomic mass is 16.2. The number of carbonyl (C=O) groups is 2. The molecule has 1 aliphatic rings. The predicted molar refractivity (Wildman–Crippen MR) is 113 cm³/mol. The summed E-state index contributed by atoms with van der Waals surface area (Å²) in [6.07, 6.45) is 2.59. The molecule has 0 radical (unpaired) electrons. The van der Waals surface area contributed by atoms with Gasteiger partial charge in [-0.3, -0.25) is 19.0 Å². The fourth-order valence-electron chi connectivity index (χ4n) is 3.73. The Morgan fingerprint density at radius 1 is 1.17 bits per heavy atom. The van der Waals surface area contributed by atoms with Crippen molar-refractivity contribution in [2.75, 3.05) is 18.9 Å². The van der Waals surface area contributed by atoms with Crippen molar-refractivity contribution in [1.82, 2.24) is 15.2 Å². The molecule has 1 aromatic heterocycles. The minimum Gasteiger partial charge on any atom is -0.354 e. The van der Waals surface area contributed by atoms with Crippen LogP contribution in [0.5, 0.6) is 0 Å². The molecule has 0 aliphatic carbocycles. The number of nitrogens with zero attached hydrogens (tertiary/aromatic N) is 1. The maximum Gasteiger partial charge on any atom is 0.275 e. The Bertz CT molecular complexity index is 919. The highest BCUT2D eigenvalue weighted by Gasteiger charge is 2.30. The molecule has 7 heteroatoms. The molecule has 2 aromatic rings. The van der Waals surface area contributed by atoms with E-state index in [0.717, 1.165) is 17.7 Å². The lowest BCUT2D eigenvalue weighted by Crippen LogP contribution is -2.40. The van der Waals surface area contributed by atoms with E-state index in [1.807, 2.05) is 43.3 Å². The average Bonchev–Trinajstić information content (AvgIpc) is 3.17. The van der Waals surface area contributed by atoms with E-state index < -0.39 is 6.04 Å². The summed E-state index contributed by atoms with van der Waals surface area (Å²) in [6.45, 7) is 2.41. The lowest BCUT2D eigenvalue weighted by Gasteiger charge is -2.17. The molecule has 7 nitrogen and oxygen atoms in total. The first-order chi connectivity index (χ1) is 14.0. The minimum atomic E-state index is -0.545. The van der Waals surface area contributed by atoms with Crippen LogP contribution in [0.15, 0.2) is 47.3 Å². The third kappa shape index (κ3) is 4.74. The first kappa shape index (κ1) is 20.8. The first-order valence-corrected chi connectivity index (χ1v) is 10.1. The topological polar surface area (TPSA) is 92.2 Å². The van der Waals surface area contributed by atoms with Crippen LogP contribution in [0.4, 0.5) is 5.69 Å². The largest absolute Gasteiger partial charge is 0.354 e. The number of pyridine rings is 1. The minimum absolute atomic E-state index is 0.160. The van der Waals surface area contributed by atoms with E-state index in [9.17, 15) is 14.4 Å². The van der Waals surface area contributed by atoms with Crippen molar-refractivity contribution >= 4 is 17.5 Å². The zero-order valence-corrected chi connectivity index (χ0v) is 16.9. The Hall–Kier alpha value is -2.93. The summed E-state index contributed by atoms with van der Waals surface area (Å²) in [5, 5.41) is 8.56. The molecule has 2 atom stereocenters. The molecule has 3 rings (SSSR count). The second-order valence-corrected chi connectivity index (χ2v) is 7.23. The number of amides is 2. The molecule has 0 saturated heterocycles. The van der Waals surface area contributed by atoms with E-state index in [1.54, 1.807) is 13.1 Å². The number of fused-ring (bicyclic) bond motifs is 1. The van der Waals surface area contributed by atoms with E-state index in [-0.39, 0.29) is 29.1 Å². The molecule has 0 saturated carbocycles. The van der Waals surface area contributed by atoms with E-state index in [0.29, 0.717) is 25.8 Å². The van der Waals surface area contributed by atoms with Crippen LogP contribution < -0.4 is 21.5 Å². The van der Waals surface area contributed by atoms with E-state index in [2.05, 4.69) is 16.0 Å². The standard InChI is InChI=1S/C22H28N4O3/c1-3-17(23-2)20(27)25-18-11-9-16-10-12-19(26(16)22(18)29)21(28)24-14-13-15-7-5-4-6-8-15/h4-9,11,17,19,23H,3,10,12-14H2,1-2H3,(H,24,28)(H,25,27)/t17-,19-/m0/s1. The molecule has 0 spiro atoms. The molecule has 0 bridgehead atoms. The third-order valence-electron chi connectivity index (χ3n) is 5.38. The van der Waals surface area contributed by atoms with Crippen LogP contribution >= 0.6 is 0 Å². The number of benzene rings is 1. The number of hydrogen-bond acceptors (Lipinski definition) is 4. The van der Waals surface area contributed by atoms with Crippen molar-refractivity contribution in [3.8, 4) is 0 Å². The SMILES string of the molecule is CC[C@H](NC)C(=O)Nc1ccc2n(c1=O)[C@H](C(=O)NCCc1ccccc1)CC2. The summed E-state index contributed by atoms with van der Waals surface area (Å²) >= 11 is 0. The molecule has 0 fully saturated rings. The summed E-state index contributed by atoms with van der Waals surface area (Å²) in [6, 6.07) is 12.5. The van der Waals surface area contributed by atoms with Crippen molar-refractivity contribution in [3.63, 3.8) is 0 Å². The lowest BCUT2D eigenvalue weighted by atomic mass is 10.1. The summed E-state index contributed by atoms with van der Waals surface area (Å²) < 4.78 is 1.52. The van der Waals surface area contributed by atoms with Crippen LogP contribution in [-0.4, -0.2) is 36.0 Å². The van der Waals surface area contributed by atoms with Gasteiger partial charge in [-0.05, 0) is 50.4 Å². The second kappa shape index (κ2) is 9.52. The summed E-state index contributed by atoms with van der Waals surface area (Å²) in [5.74, 6) is -0.415. The Balaban J connectivity index is 1.69. The van der Waals surface area contributed by atoms with Crippen molar-refractivity contribution in [3.05, 3.63) is 64.1 Å². The van der Waals surface area contributed by atoms with Gasteiger partial charge in [-0.2, -0.15) is 0 Å². The van der Waals surface area contributed by atoms with E-state index >= 15 is 0 Å². The first-order valence-electron chi connectivity index (χ1n) is 10.1. The fraction of sp³-hybridized carbons (Fsp3) is 0.409. The monoisotopic (exact) mass is 396 g/mol. The Kier molecular flexibility index (Phi) is 6.82. The van der Waals surface area contributed by atoms with Gasteiger partial charge in [0.1, 0.15) is 11.7 Å². The van der Waals surface area contributed by atoms with Gasteiger partial charge in [0.2, 0.25) is 11.8 Å². The molecule has 154 valence electrons. The van der Waals surface area contributed by atoms with Crippen molar-refractivity contribution in [2.45, 2.75) is 44.7 Å². The molecule has 2 amide bonds. The number of aryl methyl sites for hydroxylation is 1. The highest BCUT2D eigenvalue weighted by molar-refractivity contribution is 5.94. The van der Waals surface area contributed by atoms with Crippen LogP contribution in [0.2, 0.25) is 0 Å². The predicted octanol–water partition coefficient (Wildman–Crippen LogP) is 1.63. The third-order valence-corrected chi connectivity index (χ3v) is 5.38. The molecular weight excluding hydrogens is 368 g/mol. The van der Waals surface area contributed by atoms with Gasteiger partial charge in [0, 0.05) is 12.2 Å². The average molecular weight is 396 g/mol. The number of carbonyl (C=O) groups excluding carboxylic acids is 2. The van der Waals surface area contributed by atoms with Gasteiger partial charge >= 0.3 is 0 Å². The van der Waals surface area contributed by atoms with Crippen molar-refractivity contribution in [2.24, 2.45) is 0 Å². The van der Waals surface area contributed by atoms with Crippen LogP contribution in [0, 0.1) is 0 Å². The molecule has 0 unspecified atom stereocenters. The molecule has 3 N–H and O–H groups in total. The van der Waals surface area contributed by atoms with Gasteiger partial charge in [-0.25, -0.2) is 0 Å². The smallest absolute Gasteiger partial charge is 0.275 e. The quantitative estimate of drug-likeness (QED) is 0.632. The maximum atomic E-state index is 13.0. The molecular formula is C22H28N4O3. The van der Waals surface area contributed by atoms with Gasteiger partial charge in [-0.15, -0.1) is 0 Å². The van der Waals surface area contributed by atoms with E-state index in [1.165, 1.54) is 4.57 Å². The van der Waals surface area contributed by atoms with Crippen LogP contribution in [0.1, 0.15) is 37.1 Å². The Morgan fingerprint density at radius 3 is 2.62 bits per heavy atom. The number of rotatable bonds is 8. The van der Waals surface area contributed by atoms with Crippen molar-refractivity contribution < 1.29 is 9.59 Å². The van der Waals surface area contributed by atoms with Crippen LogP contribution in [0.3, 0.4) is 0 Å².